The second kappa shape index (κ2) is 4.77. The minimum absolute atomic E-state index is 0.0154. The van der Waals surface area contributed by atoms with E-state index in [0.29, 0.717) is 12.2 Å². The Labute approximate surface area is 117 Å². The van der Waals surface area contributed by atoms with Crippen molar-refractivity contribution in [2.45, 2.75) is 11.0 Å². The molecule has 1 aromatic rings. The van der Waals surface area contributed by atoms with Gasteiger partial charge in [0, 0.05) is 20.0 Å². The maximum Gasteiger partial charge on any atom is 0.265 e. The Kier molecular flexibility index (Phi) is 3.64. The van der Waals surface area contributed by atoms with Gasteiger partial charge >= 0.3 is 0 Å². The Bertz CT molecular complexity index is 666. The number of hydrogen-bond donors (Lipinski definition) is 0. The number of sulfonamides is 1. The lowest BCUT2D eigenvalue weighted by molar-refractivity contribution is 0.415. The molecule has 1 atom stereocenters. The Morgan fingerprint density at radius 2 is 2.00 bits per heavy atom. The molecule has 0 amide bonds. The first kappa shape index (κ1) is 13.7. The number of ether oxygens (including phenoxy) is 1. The molecular weight excluding hydrogens is 325 g/mol. The average Bonchev–Trinajstić information content (AvgIpc) is 3.07. The van der Waals surface area contributed by atoms with Gasteiger partial charge in [-0.05, 0) is 11.6 Å². The van der Waals surface area contributed by atoms with Crippen LogP contribution < -0.4 is 0 Å². The van der Waals surface area contributed by atoms with E-state index < -0.39 is 14.9 Å². The fraction of sp³-hybridized carbons (Fsp3) is 0.250. The van der Waals surface area contributed by atoms with Crippen LogP contribution in [-0.2, 0) is 14.8 Å². The molecule has 18 heavy (non-hydrogen) atoms. The van der Waals surface area contributed by atoms with E-state index in [9.17, 15) is 8.42 Å². The van der Waals surface area contributed by atoms with Gasteiger partial charge in [0.2, 0.25) is 0 Å². The summed E-state index contributed by atoms with van der Waals surface area (Å²) in [6, 6.07) is 1.09. The van der Waals surface area contributed by atoms with Crippen molar-refractivity contribution < 1.29 is 13.2 Å². The molecule has 0 aliphatic carbocycles. The summed E-state index contributed by atoms with van der Waals surface area (Å²) in [5, 5.41) is -0.157. The van der Waals surface area contributed by atoms with Crippen LogP contribution in [0.15, 0.2) is 15.5 Å². The summed E-state index contributed by atoms with van der Waals surface area (Å²) >= 11 is 17.7. The second-order valence-electron chi connectivity index (χ2n) is 3.37. The molecule has 1 aliphatic rings. The highest BCUT2D eigenvalue weighted by atomic mass is 35.5. The van der Waals surface area contributed by atoms with Crippen LogP contribution in [0.4, 0.5) is 0 Å². The zero-order valence-electron chi connectivity index (χ0n) is 8.47. The third kappa shape index (κ3) is 2.38. The predicted molar refractivity (Wildman–Crippen MR) is 66.5 cm³/mol. The van der Waals surface area contributed by atoms with Crippen molar-refractivity contribution in [3.63, 3.8) is 0 Å². The van der Waals surface area contributed by atoms with E-state index in [2.05, 4.69) is 9.43 Å². The van der Waals surface area contributed by atoms with Crippen molar-refractivity contribution in [1.29, 1.82) is 0 Å². The van der Waals surface area contributed by atoms with Gasteiger partial charge < -0.3 is 4.74 Å². The zero-order valence-corrected chi connectivity index (χ0v) is 11.6. The highest BCUT2D eigenvalue weighted by Gasteiger charge is 2.33. The standard InChI is InChI=1S/C8H4Cl3N3O3S/c9-3-1-5(18(15,16)14-13-12)7(10)8(11)6(3)4-2-17-4/h1,4H,2H2. The first-order valence-electron chi connectivity index (χ1n) is 4.49. The van der Waals surface area contributed by atoms with Crippen LogP contribution in [0.1, 0.15) is 11.7 Å². The van der Waals surface area contributed by atoms with Crippen LogP contribution in [0.5, 0.6) is 0 Å². The molecule has 2 rings (SSSR count). The molecule has 96 valence electrons. The van der Waals surface area contributed by atoms with Crippen molar-refractivity contribution in [2.24, 2.45) is 4.52 Å². The topological polar surface area (TPSA) is 95.4 Å². The molecule has 0 radical (unpaired) electrons. The van der Waals surface area contributed by atoms with Crippen molar-refractivity contribution in [1.82, 2.24) is 0 Å². The van der Waals surface area contributed by atoms with Crippen molar-refractivity contribution >= 4 is 44.8 Å². The van der Waals surface area contributed by atoms with Crippen LogP contribution in [-0.4, -0.2) is 15.0 Å². The second-order valence-corrected chi connectivity index (χ2v) is 6.08. The van der Waals surface area contributed by atoms with E-state index in [1.165, 1.54) is 0 Å². The van der Waals surface area contributed by atoms with Crippen molar-refractivity contribution in [2.75, 3.05) is 6.61 Å². The highest BCUT2D eigenvalue weighted by molar-refractivity contribution is 7.90. The van der Waals surface area contributed by atoms with E-state index >= 15 is 0 Å². The van der Waals surface area contributed by atoms with Gasteiger partial charge in [0.25, 0.3) is 10.0 Å². The Morgan fingerprint density at radius 1 is 1.39 bits per heavy atom. The van der Waals surface area contributed by atoms with Gasteiger partial charge in [-0.2, -0.15) is 0 Å². The van der Waals surface area contributed by atoms with Crippen LogP contribution in [0.3, 0.4) is 0 Å². The molecule has 0 bridgehead atoms. The monoisotopic (exact) mass is 327 g/mol. The number of epoxide rings is 1. The molecule has 1 heterocycles. The first-order chi connectivity index (χ1) is 8.38. The molecular formula is C8H4Cl3N3O3S. The van der Waals surface area contributed by atoms with Gasteiger partial charge in [-0.1, -0.05) is 34.8 Å². The van der Waals surface area contributed by atoms with Crippen molar-refractivity contribution in [3.05, 3.63) is 37.1 Å². The lowest BCUT2D eigenvalue weighted by Gasteiger charge is -2.09. The molecule has 10 heteroatoms. The number of hydrogen-bond acceptors (Lipinski definition) is 3. The fourth-order valence-corrected chi connectivity index (χ4v) is 3.43. The maximum absolute atomic E-state index is 11.6. The summed E-state index contributed by atoms with van der Waals surface area (Å²) in [5.74, 6) is 0. The molecule has 0 spiro atoms. The number of benzene rings is 1. The average molecular weight is 329 g/mol. The lowest BCUT2D eigenvalue weighted by Crippen LogP contribution is -1.99. The number of rotatable bonds is 3. The molecule has 6 nitrogen and oxygen atoms in total. The summed E-state index contributed by atoms with van der Waals surface area (Å²) in [6.07, 6.45) is -0.279. The van der Waals surface area contributed by atoms with Gasteiger partial charge in [-0.25, -0.2) is 8.42 Å². The maximum atomic E-state index is 11.6. The smallest absolute Gasteiger partial charge is 0.265 e. The van der Waals surface area contributed by atoms with Crippen LogP contribution in [0, 0.1) is 0 Å². The molecule has 0 saturated carbocycles. The summed E-state index contributed by atoms with van der Waals surface area (Å²) < 4.78 is 30.9. The summed E-state index contributed by atoms with van der Waals surface area (Å²) in [4.78, 5) is 1.79. The molecule has 0 N–H and O–H groups in total. The van der Waals surface area contributed by atoms with Crippen LogP contribution in [0.25, 0.3) is 10.4 Å². The van der Waals surface area contributed by atoms with Crippen molar-refractivity contribution in [3.8, 4) is 0 Å². The largest absolute Gasteiger partial charge is 0.368 e. The number of halogens is 3. The number of azide groups is 1. The summed E-state index contributed by atoms with van der Waals surface area (Å²) in [6.45, 7) is 0.443. The molecule has 0 aromatic heterocycles. The molecule has 1 unspecified atom stereocenters. The van der Waals surface area contributed by atoms with E-state index in [1.54, 1.807) is 0 Å². The van der Waals surface area contributed by atoms with Gasteiger partial charge in [-0.3, -0.25) is 0 Å². The number of nitrogens with zero attached hydrogens (tertiary/aromatic N) is 3. The quantitative estimate of drug-likeness (QED) is 0.278. The first-order valence-corrected chi connectivity index (χ1v) is 7.06. The third-order valence-corrected chi connectivity index (χ3v) is 4.71. The lowest BCUT2D eigenvalue weighted by atomic mass is 10.1. The minimum Gasteiger partial charge on any atom is -0.368 e. The Morgan fingerprint density at radius 3 is 2.50 bits per heavy atom. The molecule has 1 saturated heterocycles. The Balaban J connectivity index is 2.69. The zero-order chi connectivity index (χ0) is 13.5. The Hall–Kier alpha value is -0.690. The molecule has 1 fully saturated rings. The fourth-order valence-electron chi connectivity index (χ4n) is 1.38. The highest BCUT2D eigenvalue weighted by Crippen LogP contribution is 2.45. The van der Waals surface area contributed by atoms with E-state index in [-0.39, 0.29) is 21.2 Å². The SMILES string of the molecule is [N-]=[N+]=NS(=O)(=O)c1cc(Cl)c(C2CO2)c(Cl)c1Cl. The summed E-state index contributed by atoms with van der Waals surface area (Å²) in [7, 11) is -4.24. The minimum atomic E-state index is -4.24. The molecule has 1 aliphatic heterocycles. The van der Waals surface area contributed by atoms with E-state index in [4.69, 9.17) is 45.1 Å². The summed E-state index contributed by atoms with van der Waals surface area (Å²) in [5.41, 5.74) is 8.63. The van der Waals surface area contributed by atoms with Gasteiger partial charge in [-0.15, -0.1) is 0 Å². The van der Waals surface area contributed by atoms with Crippen LogP contribution >= 0.6 is 34.8 Å². The van der Waals surface area contributed by atoms with Gasteiger partial charge in [0.1, 0.15) is 6.10 Å². The normalized spacial score (nSPS) is 18.3. The third-order valence-electron chi connectivity index (χ3n) is 2.24. The van der Waals surface area contributed by atoms with E-state index in [0.717, 1.165) is 6.07 Å². The van der Waals surface area contributed by atoms with Crippen LogP contribution in [0.2, 0.25) is 15.1 Å². The van der Waals surface area contributed by atoms with E-state index in [1.807, 2.05) is 0 Å². The van der Waals surface area contributed by atoms with Gasteiger partial charge in [0.05, 0.1) is 21.5 Å². The predicted octanol–water partition coefficient (Wildman–Crippen LogP) is 3.72. The molecule has 1 aromatic carbocycles. The van der Waals surface area contributed by atoms with Gasteiger partial charge in [0.15, 0.2) is 0 Å².